The molecule has 1 aromatic carbocycles. The summed E-state index contributed by atoms with van der Waals surface area (Å²) in [6, 6.07) is 4.28. The highest BCUT2D eigenvalue weighted by molar-refractivity contribution is 6.19. The maximum absolute atomic E-state index is 11.4. The van der Waals surface area contributed by atoms with Crippen molar-refractivity contribution in [3.63, 3.8) is 0 Å². The Morgan fingerprint density at radius 3 is 2.32 bits per heavy atom. The number of rotatable bonds is 4. The average Bonchev–Trinajstić information content (AvgIpc) is 2.38. The second kappa shape index (κ2) is 5.90. The van der Waals surface area contributed by atoms with Gasteiger partial charge in [-0.15, -0.1) is 0 Å². The molecule has 0 aliphatic heterocycles. The van der Waals surface area contributed by atoms with E-state index in [0.717, 1.165) is 7.11 Å². The molecule has 6 nitrogen and oxygen atoms in total. The molecule has 0 aliphatic rings. The van der Waals surface area contributed by atoms with E-state index >= 15 is 0 Å². The van der Waals surface area contributed by atoms with Crippen molar-refractivity contribution in [3.8, 4) is 11.5 Å². The summed E-state index contributed by atoms with van der Waals surface area (Å²) in [5.74, 6) is -2.20. The minimum absolute atomic E-state index is 0.0750. The molecule has 2 N–H and O–H groups in total. The Morgan fingerprint density at radius 2 is 1.84 bits per heavy atom. The molecule has 6 heteroatoms. The first-order valence-corrected chi connectivity index (χ1v) is 5.32. The van der Waals surface area contributed by atoms with Crippen LogP contribution < -0.4 is 4.74 Å². The summed E-state index contributed by atoms with van der Waals surface area (Å²) in [5, 5.41) is 18.5. The van der Waals surface area contributed by atoms with Crippen molar-refractivity contribution in [1.29, 1.82) is 0 Å². The van der Waals surface area contributed by atoms with Crippen molar-refractivity contribution in [3.05, 3.63) is 29.3 Å². The maximum Gasteiger partial charge on any atom is 0.345 e. The molecule has 102 valence electrons. The Kier molecular flexibility index (Phi) is 4.52. The largest absolute Gasteiger partial charge is 0.504 e. The zero-order valence-corrected chi connectivity index (χ0v) is 10.8. The summed E-state index contributed by atoms with van der Waals surface area (Å²) < 4.78 is 9.36. The van der Waals surface area contributed by atoms with Gasteiger partial charge in [0.15, 0.2) is 11.5 Å². The van der Waals surface area contributed by atoms with Gasteiger partial charge in [0, 0.05) is 0 Å². The Balaban J connectivity index is 3.40. The van der Waals surface area contributed by atoms with E-state index in [9.17, 15) is 14.7 Å². The van der Waals surface area contributed by atoms with Crippen molar-refractivity contribution < 1.29 is 29.3 Å². The molecule has 0 heterocycles. The predicted octanol–water partition coefficient (Wildman–Crippen LogP) is 1.43. The molecule has 0 fully saturated rings. The number of aromatic hydroxyl groups is 1. The van der Waals surface area contributed by atoms with Gasteiger partial charge in [-0.3, -0.25) is 0 Å². The Morgan fingerprint density at radius 1 is 1.21 bits per heavy atom. The molecule has 1 aromatic rings. The van der Waals surface area contributed by atoms with Crippen LogP contribution in [0.5, 0.6) is 11.5 Å². The van der Waals surface area contributed by atoms with Crippen LogP contribution >= 0.6 is 0 Å². The summed E-state index contributed by atoms with van der Waals surface area (Å²) in [6.45, 7) is 1.48. The van der Waals surface area contributed by atoms with Crippen LogP contribution in [0.1, 0.15) is 12.5 Å². The smallest absolute Gasteiger partial charge is 0.345 e. The van der Waals surface area contributed by atoms with E-state index in [4.69, 9.17) is 9.84 Å². The zero-order chi connectivity index (χ0) is 14.6. The van der Waals surface area contributed by atoms with Gasteiger partial charge in [-0.25, -0.2) is 9.59 Å². The summed E-state index contributed by atoms with van der Waals surface area (Å²) in [6.07, 6.45) is 0. The lowest BCUT2D eigenvalue weighted by Crippen LogP contribution is -2.15. The number of methoxy groups -OCH3 is 2. The minimum Gasteiger partial charge on any atom is -0.504 e. The van der Waals surface area contributed by atoms with E-state index < -0.39 is 17.5 Å². The Hall–Kier alpha value is -2.50. The molecule has 0 aromatic heterocycles. The normalized spacial score (nSPS) is 11.5. The number of esters is 1. The molecule has 0 aliphatic carbocycles. The molecular formula is C13H14O6. The lowest BCUT2D eigenvalue weighted by molar-refractivity contribution is -0.142. The number of carboxylic acid groups (broad SMARTS) is 1. The molecule has 0 unspecified atom stereocenters. The minimum atomic E-state index is -1.38. The van der Waals surface area contributed by atoms with Crippen LogP contribution in [0, 0.1) is 0 Å². The number of carboxylic acids is 1. The second-order valence-corrected chi connectivity index (χ2v) is 3.68. The molecule has 0 spiro atoms. The van der Waals surface area contributed by atoms with Gasteiger partial charge in [0.2, 0.25) is 0 Å². The van der Waals surface area contributed by atoms with Crippen molar-refractivity contribution >= 4 is 17.5 Å². The van der Waals surface area contributed by atoms with Crippen LogP contribution in [0.4, 0.5) is 0 Å². The number of aliphatic carboxylic acids is 1. The number of phenolic OH excluding ortho intramolecular Hbond substituents is 1. The van der Waals surface area contributed by atoms with Gasteiger partial charge in [0.05, 0.1) is 14.2 Å². The summed E-state index contributed by atoms with van der Waals surface area (Å²) >= 11 is 0. The number of hydrogen-bond donors (Lipinski definition) is 2. The molecule has 0 radical (unpaired) electrons. The standard InChI is InChI=1S/C13H14O6/c1-7(11(12(15)16)13(17)19-3)8-4-5-9(14)10(6-8)18-2/h4-6,14H,1-3H3,(H,15,16). The van der Waals surface area contributed by atoms with Gasteiger partial charge >= 0.3 is 11.9 Å². The molecule has 0 saturated heterocycles. The van der Waals surface area contributed by atoms with Crippen LogP contribution in [0.25, 0.3) is 5.57 Å². The Bertz CT molecular complexity index is 544. The third-order valence-corrected chi connectivity index (χ3v) is 2.59. The molecule has 0 amide bonds. The fourth-order valence-corrected chi connectivity index (χ4v) is 1.56. The quantitative estimate of drug-likeness (QED) is 0.370. The van der Waals surface area contributed by atoms with Gasteiger partial charge in [0.25, 0.3) is 0 Å². The van der Waals surface area contributed by atoms with Crippen molar-refractivity contribution in [2.24, 2.45) is 0 Å². The molecule has 0 saturated carbocycles. The predicted molar refractivity (Wildman–Crippen MR) is 66.9 cm³/mol. The highest BCUT2D eigenvalue weighted by Crippen LogP contribution is 2.30. The number of phenols is 1. The van der Waals surface area contributed by atoms with Gasteiger partial charge in [0.1, 0.15) is 5.57 Å². The zero-order valence-electron chi connectivity index (χ0n) is 10.8. The molecule has 1 rings (SSSR count). The van der Waals surface area contributed by atoms with E-state index in [1.54, 1.807) is 0 Å². The average molecular weight is 266 g/mol. The Labute approximate surface area is 109 Å². The molecular weight excluding hydrogens is 252 g/mol. The number of carbonyl (C=O) groups is 2. The first-order valence-electron chi connectivity index (χ1n) is 5.32. The van der Waals surface area contributed by atoms with Crippen LogP contribution in [0.2, 0.25) is 0 Å². The number of allylic oxidation sites excluding steroid dienone is 1. The van der Waals surface area contributed by atoms with E-state index in [1.807, 2.05) is 0 Å². The van der Waals surface area contributed by atoms with E-state index in [2.05, 4.69) is 4.74 Å². The summed E-state index contributed by atoms with van der Waals surface area (Å²) in [4.78, 5) is 22.5. The number of hydrogen-bond acceptors (Lipinski definition) is 5. The SMILES string of the molecule is COC(=O)C(C(=O)O)=C(C)c1ccc(O)c(OC)c1. The molecule has 19 heavy (non-hydrogen) atoms. The fourth-order valence-electron chi connectivity index (χ4n) is 1.56. The monoisotopic (exact) mass is 266 g/mol. The van der Waals surface area contributed by atoms with Gasteiger partial charge in [-0.2, -0.15) is 0 Å². The molecule has 0 atom stereocenters. The van der Waals surface area contributed by atoms with Crippen molar-refractivity contribution in [2.75, 3.05) is 14.2 Å². The van der Waals surface area contributed by atoms with Crippen LogP contribution in [0.15, 0.2) is 23.8 Å². The van der Waals surface area contributed by atoms with E-state index in [-0.39, 0.29) is 17.1 Å². The van der Waals surface area contributed by atoms with Crippen molar-refractivity contribution in [2.45, 2.75) is 6.92 Å². The van der Waals surface area contributed by atoms with Crippen LogP contribution in [-0.4, -0.2) is 36.4 Å². The lowest BCUT2D eigenvalue weighted by Gasteiger charge is -2.09. The van der Waals surface area contributed by atoms with Gasteiger partial charge in [-0.1, -0.05) is 6.07 Å². The second-order valence-electron chi connectivity index (χ2n) is 3.68. The van der Waals surface area contributed by atoms with Gasteiger partial charge in [-0.05, 0) is 30.2 Å². The third-order valence-electron chi connectivity index (χ3n) is 2.59. The van der Waals surface area contributed by atoms with Crippen LogP contribution in [-0.2, 0) is 14.3 Å². The summed E-state index contributed by atoms with van der Waals surface area (Å²) in [7, 11) is 2.48. The highest BCUT2D eigenvalue weighted by Gasteiger charge is 2.22. The first kappa shape index (κ1) is 14.6. The maximum atomic E-state index is 11.4. The van der Waals surface area contributed by atoms with E-state index in [1.165, 1.54) is 32.2 Å². The number of benzene rings is 1. The van der Waals surface area contributed by atoms with Gasteiger partial charge < -0.3 is 19.7 Å². The topological polar surface area (TPSA) is 93.1 Å². The number of ether oxygens (including phenoxy) is 2. The highest BCUT2D eigenvalue weighted by atomic mass is 16.5. The lowest BCUT2D eigenvalue weighted by atomic mass is 10.0. The first-order chi connectivity index (χ1) is 8.92. The summed E-state index contributed by atoms with van der Waals surface area (Å²) in [5.41, 5.74) is 0.199. The molecule has 0 bridgehead atoms. The third kappa shape index (κ3) is 3.04. The fraction of sp³-hybridized carbons (Fsp3) is 0.231. The van der Waals surface area contributed by atoms with E-state index in [0.29, 0.717) is 5.56 Å². The van der Waals surface area contributed by atoms with Crippen molar-refractivity contribution in [1.82, 2.24) is 0 Å². The number of carbonyl (C=O) groups excluding carboxylic acids is 1. The van der Waals surface area contributed by atoms with Crippen LogP contribution in [0.3, 0.4) is 0 Å².